The molecule has 2 aliphatic rings. The van der Waals surface area contributed by atoms with Crippen molar-refractivity contribution in [1.82, 2.24) is 0 Å². The van der Waals surface area contributed by atoms with E-state index in [-0.39, 0.29) is 24.1 Å². The second kappa shape index (κ2) is 9.58. The fourth-order valence-corrected chi connectivity index (χ4v) is 3.52. The van der Waals surface area contributed by atoms with Crippen LogP contribution in [0.25, 0.3) is 0 Å². The highest BCUT2D eigenvalue weighted by molar-refractivity contribution is 5.90. The first-order valence-corrected chi connectivity index (χ1v) is 10.0. The minimum absolute atomic E-state index is 0.0390. The molecule has 150 valence electrons. The van der Waals surface area contributed by atoms with Crippen LogP contribution in [0.4, 0.5) is 0 Å². The molecule has 0 amide bonds. The van der Waals surface area contributed by atoms with Crippen molar-refractivity contribution in [3.8, 4) is 5.75 Å². The highest BCUT2D eigenvalue weighted by Crippen LogP contribution is 2.32. The van der Waals surface area contributed by atoms with Gasteiger partial charge in [0.15, 0.2) is 0 Å². The van der Waals surface area contributed by atoms with Crippen LogP contribution in [-0.2, 0) is 19.1 Å². The fourth-order valence-electron chi connectivity index (χ4n) is 3.52. The van der Waals surface area contributed by atoms with Crippen molar-refractivity contribution in [2.75, 3.05) is 6.61 Å². The monoisotopic (exact) mass is 384 g/mol. The van der Waals surface area contributed by atoms with Crippen molar-refractivity contribution in [3.05, 3.63) is 54.1 Å². The Morgan fingerprint density at radius 2 is 1.50 bits per heavy atom. The lowest BCUT2D eigenvalue weighted by Gasteiger charge is -2.11. The summed E-state index contributed by atoms with van der Waals surface area (Å²) >= 11 is 0. The smallest absolute Gasteiger partial charge is 0.334 e. The van der Waals surface area contributed by atoms with Gasteiger partial charge >= 0.3 is 11.9 Å². The molecule has 1 aromatic rings. The molecule has 1 aromatic carbocycles. The van der Waals surface area contributed by atoms with Crippen LogP contribution >= 0.6 is 0 Å². The summed E-state index contributed by atoms with van der Waals surface area (Å²) in [5, 5.41) is 0. The molecule has 3 rings (SSSR count). The van der Waals surface area contributed by atoms with E-state index in [1.807, 2.05) is 24.3 Å². The summed E-state index contributed by atoms with van der Waals surface area (Å²) in [6.45, 7) is 8.11. The Bertz CT molecular complexity index is 702. The maximum absolute atomic E-state index is 11.4. The standard InChI is InChI=1S/C23H28O5/c1-16-14-20(27-22(16)24)8-6-4-3-5-7-13-26-19-11-9-18(10-12-19)21-15-17(2)23(25)28-21/h9-12,20-21H,1-8,13-15H2. The summed E-state index contributed by atoms with van der Waals surface area (Å²) in [4.78, 5) is 22.7. The van der Waals surface area contributed by atoms with Gasteiger partial charge in [-0.25, -0.2) is 9.59 Å². The molecule has 0 bridgehead atoms. The number of hydrogen-bond donors (Lipinski definition) is 0. The Hall–Kier alpha value is -2.56. The maximum atomic E-state index is 11.4. The number of rotatable bonds is 10. The van der Waals surface area contributed by atoms with E-state index >= 15 is 0 Å². The lowest BCUT2D eigenvalue weighted by molar-refractivity contribution is -0.140. The van der Waals surface area contributed by atoms with Gasteiger partial charge in [0.25, 0.3) is 0 Å². The van der Waals surface area contributed by atoms with Gasteiger partial charge in [0.05, 0.1) is 6.61 Å². The van der Waals surface area contributed by atoms with Crippen LogP contribution in [0.5, 0.6) is 5.75 Å². The molecule has 28 heavy (non-hydrogen) atoms. The Morgan fingerprint density at radius 1 is 0.857 bits per heavy atom. The summed E-state index contributed by atoms with van der Waals surface area (Å²) in [5.41, 5.74) is 2.10. The van der Waals surface area contributed by atoms with Gasteiger partial charge in [-0.15, -0.1) is 0 Å². The SMILES string of the molecule is C=C1CC(CCCCCCCOc2ccc(C3CC(=C)C(=O)O3)cc2)OC1=O. The molecule has 0 radical (unpaired) electrons. The van der Waals surface area contributed by atoms with E-state index < -0.39 is 0 Å². The van der Waals surface area contributed by atoms with Gasteiger partial charge in [0.1, 0.15) is 18.0 Å². The van der Waals surface area contributed by atoms with Crippen LogP contribution in [-0.4, -0.2) is 24.6 Å². The summed E-state index contributed by atoms with van der Waals surface area (Å²) in [7, 11) is 0. The lowest BCUT2D eigenvalue weighted by Crippen LogP contribution is -2.06. The van der Waals surface area contributed by atoms with E-state index in [2.05, 4.69) is 13.2 Å². The molecule has 0 saturated carbocycles. The molecule has 2 fully saturated rings. The van der Waals surface area contributed by atoms with Crippen molar-refractivity contribution in [3.63, 3.8) is 0 Å². The van der Waals surface area contributed by atoms with Crippen molar-refractivity contribution < 1.29 is 23.8 Å². The first kappa shape index (κ1) is 20.2. The van der Waals surface area contributed by atoms with Crippen LogP contribution in [0.15, 0.2) is 48.6 Å². The van der Waals surface area contributed by atoms with E-state index in [0.717, 1.165) is 49.8 Å². The average molecular weight is 384 g/mol. The highest BCUT2D eigenvalue weighted by Gasteiger charge is 2.28. The first-order valence-electron chi connectivity index (χ1n) is 10.0. The number of cyclic esters (lactones) is 2. The van der Waals surface area contributed by atoms with Gasteiger partial charge in [-0.2, -0.15) is 0 Å². The molecule has 0 aliphatic carbocycles. The molecular weight excluding hydrogens is 356 g/mol. The molecule has 0 spiro atoms. The second-order valence-electron chi connectivity index (χ2n) is 7.51. The summed E-state index contributed by atoms with van der Waals surface area (Å²) in [6.07, 6.45) is 7.48. The molecular formula is C23H28O5. The van der Waals surface area contributed by atoms with Gasteiger partial charge < -0.3 is 14.2 Å². The lowest BCUT2D eigenvalue weighted by atomic mass is 10.0. The van der Waals surface area contributed by atoms with Gasteiger partial charge in [-0.05, 0) is 37.0 Å². The molecule has 5 nitrogen and oxygen atoms in total. The van der Waals surface area contributed by atoms with Crippen LogP contribution < -0.4 is 4.74 Å². The van der Waals surface area contributed by atoms with Crippen LogP contribution in [0, 0.1) is 0 Å². The molecule has 2 aliphatic heterocycles. The average Bonchev–Trinajstić information content (AvgIpc) is 3.19. The Labute approximate surface area is 166 Å². The Kier molecular flexibility index (Phi) is 6.90. The minimum atomic E-state index is -0.306. The molecule has 2 atom stereocenters. The summed E-state index contributed by atoms with van der Waals surface area (Å²) < 4.78 is 16.3. The second-order valence-corrected chi connectivity index (χ2v) is 7.51. The van der Waals surface area contributed by atoms with Crippen molar-refractivity contribution >= 4 is 11.9 Å². The number of benzene rings is 1. The zero-order chi connectivity index (χ0) is 19.9. The minimum Gasteiger partial charge on any atom is -0.494 e. The molecule has 0 N–H and O–H groups in total. The van der Waals surface area contributed by atoms with Crippen LogP contribution in [0.2, 0.25) is 0 Å². The summed E-state index contributed by atoms with van der Waals surface area (Å²) in [6, 6.07) is 7.72. The number of carbonyl (C=O) groups is 2. The van der Waals surface area contributed by atoms with Gasteiger partial charge in [-0.1, -0.05) is 44.6 Å². The van der Waals surface area contributed by atoms with E-state index in [0.29, 0.717) is 30.6 Å². The fraction of sp³-hybridized carbons (Fsp3) is 0.478. The van der Waals surface area contributed by atoms with Gasteiger partial charge in [0, 0.05) is 24.0 Å². The molecule has 5 heteroatoms. The topological polar surface area (TPSA) is 61.8 Å². The zero-order valence-corrected chi connectivity index (χ0v) is 16.3. The predicted octanol–water partition coefficient (Wildman–Crippen LogP) is 4.82. The van der Waals surface area contributed by atoms with Crippen LogP contribution in [0.1, 0.15) is 63.0 Å². The predicted molar refractivity (Wildman–Crippen MR) is 106 cm³/mol. The third kappa shape index (κ3) is 5.47. The normalized spacial score (nSPS) is 21.7. The van der Waals surface area contributed by atoms with E-state index in [9.17, 15) is 9.59 Å². The largest absolute Gasteiger partial charge is 0.494 e. The van der Waals surface area contributed by atoms with Crippen molar-refractivity contribution in [2.24, 2.45) is 0 Å². The molecule has 0 aromatic heterocycles. The number of unbranched alkanes of at least 4 members (excludes halogenated alkanes) is 4. The van der Waals surface area contributed by atoms with Crippen LogP contribution in [0.3, 0.4) is 0 Å². The number of ether oxygens (including phenoxy) is 3. The van der Waals surface area contributed by atoms with Crippen molar-refractivity contribution in [2.45, 2.75) is 63.6 Å². The van der Waals surface area contributed by atoms with E-state index in [1.54, 1.807) is 0 Å². The number of carbonyl (C=O) groups excluding carboxylic acids is 2. The molecule has 2 unspecified atom stereocenters. The third-order valence-electron chi connectivity index (χ3n) is 5.20. The number of esters is 2. The third-order valence-corrected chi connectivity index (χ3v) is 5.20. The van der Waals surface area contributed by atoms with E-state index in [1.165, 1.54) is 0 Å². The Balaban J connectivity index is 1.24. The number of hydrogen-bond acceptors (Lipinski definition) is 5. The molecule has 2 saturated heterocycles. The highest BCUT2D eigenvalue weighted by atomic mass is 16.6. The molecule has 2 heterocycles. The quantitative estimate of drug-likeness (QED) is 0.329. The maximum Gasteiger partial charge on any atom is 0.334 e. The van der Waals surface area contributed by atoms with Gasteiger partial charge in [-0.3, -0.25) is 0 Å². The zero-order valence-electron chi connectivity index (χ0n) is 16.3. The van der Waals surface area contributed by atoms with Gasteiger partial charge in [0.2, 0.25) is 0 Å². The summed E-state index contributed by atoms with van der Waals surface area (Å²) in [5.74, 6) is 0.292. The van der Waals surface area contributed by atoms with E-state index in [4.69, 9.17) is 14.2 Å². The Morgan fingerprint density at radius 3 is 2.14 bits per heavy atom. The van der Waals surface area contributed by atoms with Crippen molar-refractivity contribution in [1.29, 1.82) is 0 Å². The first-order chi connectivity index (χ1) is 13.5.